The molecule has 0 N–H and O–H groups in total. The van der Waals surface area contributed by atoms with Crippen LogP contribution < -0.4 is 4.90 Å². The number of nitrogens with zero attached hydrogens (tertiary/aromatic N) is 3. The Morgan fingerprint density at radius 1 is 0.966 bits per heavy atom. The van der Waals surface area contributed by atoms with E-state index in [-0.39, 0.29) is 30.0 Å². The normalized spacial score (nSPS) is 26.6. The predicted molar refractivity (Wildman–Crippen MR) is 112 cm³/mol. The van der Waals surface area contributed by atoms with Crippen LogP contribution in [0.2, 0.25) is 0 Å². The molecule has 3 heterocycles. The molecule has 3 amide bonds. The second kappa shape index (κ2) is 7.63. The number of hydrogen-bond donors (Lipinski definition) is 0. The van der Waals surface area contributed by atoms with Crippen LogP contribution in [0.1, 0.15) is 36.8 Å². The molecule has 3 saturated heterocycles. The molecule has 3 aliphatic rings. The molecule has 29 heavy (non-hydrogen) atoms. The highest BCUT2D eigenvalue weighted by molar-refractivity contribution is 7.91. The minimum Gasteiger partial charge on any atom is -0.341 e. The number of aryl methyl sites for hydroxylation is 2. The third-order valence-corrected chi connectivity index (χ3v) is 7.93. The fourth-order valence-corrected chi connectivity index (χ4v) is 6.87. The third kappa shape index (κ3) is 3.99. The second-order valence-electron chi connectivity index (χ2n) is 8.63. The van der Waals surface area contributed by atoms with E-state index in [9.17, 15) is 18.0 Å². The molecule has 0 aromatic heterocycles. The minimum absolute atomic E-state index is 0.0448. The Bertz CT molecular complexity index is 902. The SMILES string of the molecule is Cc1cc(C)cc(N2C(=O)N(CC(=O)N3CCCCCC3)[C@H]3CS(=O)(=O)C[C@H]32)c1. The van der Waals surface area contributed by atoms with Crippen LogP contribution in [0, 0.1) is 13.8 Å². The number of sulfone groups is 1. The van der Waals surface area contributed by atoms with Crippen LogP contribution in [0.25, 0.3) is 0 Å². The van der Waals surface area contributed by atoms with Gasteiger partial charge in [0.25, 0.3) is 0 Å². The monoisotopic (exact) mass is 419 g/mol. The average molecular weight is 420 g/mol. The lowest BCUT2D eigenvalue weighted by atomic mass is 10.1. The van der Waals surface area contributed by atoms with Gasteiger partial charge in [0.1, 0.15) is 6.54 Å². The molecule has 0 aliphatic carbocycles. The van der Waals surface area contributed by atoms with Gasteiger partial charge in [0, 0.05) is 18.8 Å². The first-order valence-corrected chi connectivity index (χ1v) is 12.2. The van der Waals surface area contributed by atoms with Crippen molar-refractivity contribution in [2.75, 3.05) is 36.0 Å². The Balaban J connectivity index is 1.62. The summed E-state index contributed by atoms with van der Waals surface area (Å²) in [4.78, 5) is 31.2. The maximum absolute atomic E-state index is 13.3. The third-order valence-electron chi connectivity index (χ3n) is 6.23. The van der Waals surface area contributed by atoms with E-state index in [1.165, 1.54) is 4.90 Å². The molecule has 0 radical (unpaired) electrons. The first-order valence-electron chi connectivity index (χ1n) is 10.4. The number of carbonyl (C=O) groups excluding carboxylic acids is 2. The summed E-state index contributed by atoms with van der Waals surface area (Å²) in [6, 6.07) is 4.67. The summed E-state index contributed by atoms with van der Waals surface area (Å²) in [6.45, 7) is 5.31. The predicted octanol–water partition coefficient (Wildman–Crippen LogP) is 2.11. The van der Waals surface area contributed by atoms with Crippen LogP contribution >= 0.6 is 0 Å². The molecular formula is C21H29N3O4S. The maximum atomic E-state index is 13.3. The van der Waals surface area contributed by atoms with Gasteiger partial charge in [-0.3, -0.25) is 9.69 Å². The number of fused-ring (bicyclic) bond motifs is 1. The maximum Gasteiger partial charge on any atom is 0.325 e. The summed E-state index contributed by atoms with van der Waals surface area (Å²) >= 11 is 0. The zero-order chi connectivity index (χ0) is 20.8. The first kappa shape index (κ1) is 20.2. The second-order valence-corrected chi connectivity index (χ2v) is 10.8. The lowest BCUT2D eigenvalue weighted by Gasteiger charge is -2.26. The van der Waals surface area contributed by atoms with Gasteiger partial charge in [-0.1, -0.05) is 18.9 Å². The van der Waals surface area contributed by atoms with Crippen molar-refractivity contribution < 1.29 is 18.0 Å². The lowest BCUT2D eigenvalue weighted by Crippen LogP contribution is -2.46. The van der Waals surface area contributed by atoms with Crippen LogP contribution in [-0.4, -0.2) is 73.4 Å². The van der Waals surface area contributed by atoms with Gasteiger partial charge < -0.3 is 9.80 Å². The lowest BCUT2D eigenvalue weighted by molar-refractivity contribution is -0.131. The van der Waals surface area contributed by atoms with Gasteiger partial charge in [-0.05, 0) is 49.9 Å². The molecule has 0 unspecified atom stereocenters. The molecule has 4 rings (SSSR count). The molecule has 3 fully saturated rings. The Kier molecular flexibility index (Phi) is 5.31. The van der Waals surface area contributed by atoms with Gasteiger partial charge in [-0.15, -0.1) is 0 Å². The van der Waals surface area contributed by atoms with E-state index >= 15 is 0 Å². The molecule has 8 heteroatoms. The van der Waals surface area contributed by atoms with Crippen molar-refractivity contribution in [3.8, 4) is 0 Å². The van der Waals surface area contributed by atoms with E-state index < -0.39 is 21.9 Å². The van der Waals surface area contributed by atoms with E-state index in [4.69, 9.17) is 0 Å². The fourth-order valence-electron chi connectivity index (χ4n) is 4.92. The van der Waals surface area contributed by atoms with Crippen LogP contribution in [0.3, 0.4) is 0 Å². The Labute approximate surface area is 172 Å². The zero-order valence-electron chi connectivity index (χ0n) is 17.1. The number of urea groups is 1. The topological polar surface area (TPSA) is 78.0 Å². The molecule has 2 atom stereocenters. The van der Waals surface area contributed by atoms with Crippen molar-refractivity contribution >= 4 is 27.5 Å². The summed E-state index contributed by atoms with van der Waals surface area (Å²) in [5.41, 5.74) is 2.75. The highest BCUT2D eigenvalue weighted by atomic mass is 32.2. The highest BCUT2D eigenvalue weighted by Gasteiger charge is 2.54. The van der Waals surface area contributed by atoms with Gasteiger partial charge in [-0.2, -0.15) is 0 Å². The molecule has 0 bridgehead atoms. The van der Waals surface area contributed by atoms with Crippen molar-refractivity contribution in [1.29, 1.82) is 0 Å². The summed E-state index contributed by atoms with van der Waals surface area (Å²) in [6.07, 6.45) is 4.20. The molecule has 158 valence electrons. The molecule has 0 saturated carbocycles. The number of hydrogen-bond acceptors (Lipinski definition) is 4. The first-order chi connectivity index (χ1) is 13.7. The van der Waals surface area contributed by atoms with Gasteiger partial charge >= 0.3 is 6.03 Å². The number of carbonyl (C=O) groups is 2. The van der Waals surface area contributed by atoms with Crippen LogP contribution in [-0.2, 0) is 14.6 Å². The standard InChI is InChI=1S/C21H29N3O4S/c1-15-9-16(2)11-17(10-15)24-19-14-29(27,28)13-18(19)23(21(24)26)12-20(25)22-7-5-3-4-6-8-22/h9-11,18-19H,3-8,12-14H2,1-2H3/t18-,19+/m0/s1. The van der Waals surface area contributed by atoms with E-state index in [0.29, 0.717) is 18.8 Å². The van der Waals surface area contributed by atoms with Gasteiger partial charge in [0.2, 0.25) is 5.91 Å². The van der Waals surface area contributed by atoms with E-state index in [1.807, 2.05) is 36.9 Å². The van der Waals surface area contributed by atoms with Crippen molar-refractivity contribution in [3.63, 3.8) is 0 Å². The summed E-state index contributed by atoms with van der Waals surface area (Å²) in [5, 5.41) is 0. The number of benzene rings is 1. The minimum atomic E-state index is -3.25. The zero-order valence-corrected chi connectivity index (χ0v) is 18.0. The van der Waals surface area contributed by atoms with Crippen molar-refractivity contribution in [2.24, 2.45) is 0 Å². The number of rotatable bonds is 3. The number of likely N-dealkylation sites (tertiary alicyclic amines) is 1. The van der Waals surface area contributed by atoms with Gasteiger partial charge in [0.15, 0.2) is 9.84 Å². The van der Waals surface area contributed by atoms with E-state index in [2.05, 4.69) is 0 Å². The Hall–Kier alpha value is -2.09. The average Bonchev–Trinajstić information content (AvgIpc) is 2.92. The number of anilines is 1. The van der Waals surface area contributed by atoms with Crippen LogP contribution in [0.4, 0.5) is 10.5 Å². The molecule has 0 spiro atoms. The molecule has 1 aromatic carbocycles. The Morgan fingerprint density at radius 2 is 1.55 bits per heavy atom. The fraction of sp³-hybridized carbons (Fsp3) is 0.619. The van der Waals surface area contributed by atoms with Crippen LogP contribution in [0.15, 0.2) is 18.2 Å². The quantitative estimate of drug-likeness (QED) is 0.703. The smallest absolute Gasteiger partial charge is 0.325 e. The molecule has 3 aliphatic heterocycles. The van der Waals surface area contributed by atoms with Crippen molar-refractivity contribution in [2.45, 2.75) is 51.6 Å². The summed E-state index contributed by atoms with van der Waals surface area (Å²) < 4.78 is 24.8. The van der Waals surface area contributed by atoms with Crippen molar-refractivity contribution in [1.82, 2.24) is 9.80 Å². The largest absolute Gasteiger partial charge is 0.341 e. The summed E-state index contributed by atoms with van der Waals surface area (Å²) in [7, 11) is -3.25. The molecule has 7 nitrogen and oxygen atoms in total. The van der Waals surface area contributed by atoms with E-state index in [0.717, 1.165) is 36.8 Å². The van der Waals surface area contributed by atoms with Crippen molar-refractivity contribution in [3.05, 3.63) is 29.3 Å². The van der Waals surface area contributed by atoms with Gasteiger partial charge in [0.05, 0.1) is 23.6 Å². The van der Waals surface area contributed by atoms with Gasteiger partial charge in [-0.25, -0.2) is 13.2 Å². The summed E-state index contributed by atoms with van der Waals surface area (Å²) in [5.74, 6) is -0.200. The molecule has 1 aromatic rings. The highest BCUT2D eigenvalue weighted by Crippen LogP contribution is 2.35. The van der Waals surface area contributed by atoms with E-state index in [1.54, 1.807) is 4.90 Å². The molecular weight excluding hydrogens is 390 g/mol. The van der Waals surface area contributed by atoms with Crippen LogP contribution in [0.5, 0.6) is 0 Å². The Morgan fingerprint density at radius 3 is 2.17 bits per heavy atom. The number of amides is 3.